The van der Waals surface area contributed by atoms with Crippen LogP contribution in [-0.2, 0) is 0 Å². The van der Waals surface area contributed by atoms with Gasteiger partial charge in [-0.3, -0.25) is 0 Å². The zero-order chi connectivity index (χ0) is 56.8. The van der Waals surface area contributed by atoms with Crippen LogP contribution < -0.4 is 26.2 Å². The van der Waals surface area contributed by atoms with Gasteiger partial charge in [-0.05, 0) is 132 Å². The number of rotatable bonds is 10. The van der Waals surface area contributed by atoms with Crippen molar-refractivity contribution in [2.75, 3.05) is 9.80 Å². The van der Waals surface area contributed by atoms with E-state index in [1.165, 1.54) is 0 Å². The predicted molar refractivity (Wildman–Crippen MR) is 353 cm³/mol. The summed E-state index contributed by atoms with van der Waals surface area (Å²) >= 11 is 0. The van der Waals surface area contributed by atoms with Crippen molar-refractivity contribution in [1.29, 1.82) is 10.5 Å². The van der Waals surface area contributed by atoms with E-state index in [1.54, 1.807) is 0 Å². The Hall–Kier alpha value is -11.5. The molecular formula is C80H51BN4. The fraction of sp³-hybridized carbons (Fsp3) is 0. The average molecular weight is 1080 g/mol. The predicted octanol–water partition coefficient (Wildman–Crippen LogP) is 18.8. The average Bonchev–Trinajstić information content (AvgIpc) is 1.12. The lowest BCUT2D eigenvalue weighted by Gasteiger charge is -2.46. The van der Waals surface area contributed by atoms with Gasteiger partial charge in [-0.15, -0.1) is 0 Å². The molecular weight excluding hydrogens is 1030 g/mol. The monoisotopic (exact) mass is 1080 g/mol. The lowest BCUT2D eigenvalue weighted by atomic mass is 9.33. The molecule has 5 heteroatoms. The van der Waals surface area contributed by atoms with Crippen molar-refractivity contribution in [2.45, 2.75) is 0 Å². The number of benzene rings is 13. The molecule has 85 heavy (non-hydrogen) atoms. The van der Waals surface area contributed by atoms with Crippen molar-refractivity contribution >= 4 is 57.2 Å². The topological polar surface area (TPSA) is 54.1 Å². The van der Waals surface area contributed by atoms with Crippen molar-refractivity contribution in [3.8, 4) is 101 Å². The first-order valence-corrected chi connectivity index (χ1v) is 28.8. The molecule has 0 saturated carbocycles. The SMILES string of the molecule is N#Cc1cc(-c2ccccc2)cc2c1N(c1c(-c3ccccc3)cc(-c3ccccc3)cc1-c1ccccc1)c1ccc(C#N)c3c1B2c1cc(-c2ccccc2)ccc1N3c1c(-c2ccccc2)cc(-c2ccccc2)cc1-c1ccccc1. The molecule has 0 radical (unpaired) electrons. The van der Waals surface area contributed by atoms with Gasteiger partial charge in [0.2, 0.25) is 0 Å². The molecule has 13 aromatic rings. The fourth-order valence-corrected chi connectivity index (χ4v) is 13.1. The summed E-state index contributed by atoms with van der Waals surface area (Å²) in [7, 11) is 0. The molecule has 13 aromatic carbocycles. The summed E-state index contributed by atoms with van der Waals surface area (Å²) in [5.74, 6) is 0. The summed E-state index contributed by atoms with van der Waals surface area (Å²) in [6.45, 7) is -0.469. The second-order valence-electron chi connectivity index (χ2n) is 21.7. The number of hydrogen-bond donors (Lipinski definition) is 0. The lowest BCUT2D eigenvalue weighted by molar-refractivity contribution is 1.24. The maximum atomic E-state index is 12.0. The van der Waals surface area contributed by atoms with Crippen molar-refractivity contribution < 1.29 is 0 Å². The van der Waals surface area contributed by atoms with Crippen LogP contribution in [0.25, 0.3) is 89.0 Å². The van der Waals surface area contributed by atoms with Crippen LogP contribution in [0.5, 0.6) is 0 Å². The van der Waals surface area contributed by atoms with E-state index in [9.17, 15) is 10.5 Å². The Balaban J connectivity index is 1.14. The van der Waals surface area contributed by atoms with Crippen LogP contribution >= 0.6 is 0 Å². The van der Waals surface area contributed by atoms with Gasteiger partial charge in [-0.25, -0.2) is 0 Å². The highest BCUT2D eigenvalue weighted by Crippen LogP contribution is 2.55. The van der Waals surface area contributed by atoms with Gasteiger partial charge in [0.1, 0.15) is 12.1 Å². The molecule has 0 unspecified atom stereocenters. The molecule has 0 fully saturated rings. The second-order valence-corrected chi connectivity index (χ2v) is 21.7. The Bertz CT molecular complexity index is 4630. The first kappa shape index (κ1) is 50.5. The van der Waals surface area contributed by atoms with Crippen LogP contribution in [0.2, 0.25) is 0 Å². The first-order chi connectivity index (χ1) is 42.1. The third-order valence-electron chi connectivity index (χ3n) is 16.9. The molecule has 2 aliphatic rings. The molecule has 15 rings (SSSR count). The van der Waals surface area contributed by atoms with Crippen molar-refractivity contribution in [2.24, 2.45) is 0 Å². The molecule has 4 nitrogen and oxygen atoms in total. The minimum absolute atomic E-state index is 0.469. The largest absolute Gasteiger partial charge is 0.309 e. The van der Waals surface area contributed by atoms with Gasteiger partial charge in [0.15, 0.2) is 0 Å². The molecule has 0 atom stereocenters. The summed E-state index contributed by atoms with van der Waals surface area (Å²) in [5.41, 5.74) is 25.9. The van der Waals surface area contributed by atoms with E-state index in [4.69, 9.17) is 0 Å². The van der Waals surface area contributed by atoms with E-state index in [2.05, 4.69) is 319 Å². The molecule has 0 bridgehead atoms. The fourth-order valence-electron chi connectivity index (χ4n) is 13.1. The third-order valence-corrected chi connectivity index (χ3v) is 16.9. The van der Waals surface area contributed by atoms with Crippen LogP contribution in [-0.4, -0.2) is 6.71 Å². The lowest BCUT2D eigenvalue weighted by Crippen LogP contribution is -2.62. The molecule has 2 heterocycles. The number of nitriles is 2. The Labute approximate surface area is 496 Å². The van der Waals surface area contributed by atoms with E-state index in [1.807, 2.05) is 12.1 Å². The van der Waals surface area contributed by atoms with Crippen molar-refractivity contribution in [3.63, 3.8) is 0 Å². The Morgan fingerprint density at radius 1 is 0.235 bits per heavy atom. The van der Waals surface area contributed by atoms with Crippen LogP contribution in [0.4, 0.5) is 34.1 Å². The Morgan fingerprint density at radius 2 is 0.553 bits per heavy atom. The Kier molecular flexibility index (Phi) is 12.7. The summed E-state index contributed by atoms with van der Waals surface area (Å²) < 4.78 is 0. The van der Waals surface area contributed by atoms with E-state index >= 15 is 0 Å². The minimum atomic E-state index is -0.469. The van der Waals surface area contributed by atoms with Gasteiger partial charge in [0, 0.05) is 33.6 Å². The maximum absolute atomic E-state index is 12.0. The van der Waals surface area contributed by atoms with Crippen LogP contribution in [0.1, 0.15) is 11.1 Å². The number of anilines is 6. The van der Waals surface area contributed by atoms with Gasteiger partial charge < -0.3 is 9.80 Å². The highest BCUT2D eigenvalue weighted by molar-refractivity contribution is 7.00. The smallest absolute Gasteiger partial charge is 0.252 e. The van der Waals surface area contributed by atoms with Crippen LogP contribution in [0, 0.1) is 22.7 Å². The first-order valence-electron chi connectivity index (χ1n) is 28.8. The quantitative estimate of drug-likeness (QED) is 0.128. The molecule has 0 spiro atoms. The normalized spacial score (nSPS) is 11.9. The summed E-state index contributed by atoms with van der Waals surface area (Å²) in [5, 5.41) is 24.0. The summed E-state index contributed by atoms with van der Waals surface area (Å²) in [4.78, 5) is 4.80. The van der Waals surface area contributed by atoms with Crippen molar-refractivity contribution in [3.05, 3.63) is 321 Å². The second kappa shape index (κ2) is 21.4. The van der Waals surface area contributed by atoms with E-state index in [0.717, 1.165) is 140 Å². The zero-order valence-electron chi connectivity index (χ0n) is 46.3. The number of hydrogen-bond acceptors (Lipinski definition) is 4. The zero-order valence-corrected chi connectivity index (χ0v) is 46.3. The molecule has 0 aliphatic carbocycles. The summed E-state index contributed by atoms with van der Waals surface area (Å²) in [6.07, 6.45) is 0. The summed E-state index contributed by atoms with van der Waals surface area (Å²) in [6, 6.07) is 115. The molecule has 0 aromatic heterocycles. The van der Waals surface area contributed by atoms with Crippen molar-refractivity contribution in [1.82, 2.24) is 0 Å². The van der Waals surface area contributed by atoms with Gasteiger partial charge in [0.25, 0.3) is 6.71 Å². The van der Waals surface area contributed by atoms with E-state index in [-0.39, 0.29) is 0 Å². The number of fused-ring (bicyclic) bond motifs is 4. The minimum Gasteiger partial charge on any atom is -0.309 e. The third kappa shape index (κ3) is 8.79. The van der Waals surface area contributed by atoms with E-state index < -0.39 is 6.71 Å². The van der Waals surface area contributed by atoms with Crippen LogP contribution in [0.3, 0.4) is 0 Å². The van der Waals surface area contributed by atoms with Gasteiger partial charge in [-0.1, -0.05) is 261 Å². The number of nitrogens with zero attached hydrogens (tertiary/aromatic N) is 4. The van der Waals surface area contributed by atoms with Gasteiger partial charge in [-0.2, -0.15) is 10.5 Å². The Morgan fingerprint density at radius 3 is 0.929 bits per heavy atom. The highest BCUT2D eigenvalue weighted by Gasteiger charge is 2.47. The molecule has 0 N–H and O–H groups in total. The molecule has 0 amide bonds. The van der Waals surface area contributed by atoms with E-state index in [0.29, 0.717) is 11.1 Å². The molecule has 2 aliphatic heterocycles. The molecule has 0 saturated heterocycles. The molecule has 394 valence electrons. The van der Waals surface area contributed by atoms with Gasteiger partial charge in [0.05, 0.1) is 33.9 Å². The van der Waals surface area contributed by atoms with Gasteiger partial charge >= 0.3 is 0 Å². The van der Waals surface area contributed by atoms with Crippen LogP contribution in [0.15, 0.2) is 309 Å². The highest BCUT2D eigenvalue weighted by atomic mass is 15.2. The standard InChI is InChI=1S/C80H51BN4/c82-52-63-42-44-75-76-78(63)84(79-68(58-33-17-5-18-34-58)46-65(56-29-13-3-14-30-56)47-69(79)59-35-19-6-20-36-59)74-43-41-62(54-25-9-1-10-26-54)50-72(74)81(76)73-51-64(55-27-11-2-12-28-55)45-67(53-83)77(73)85(75)80-70(60-37-21-7-22-38-60)48-66(57-31-15-4-16-32-57)49-71(80)61-39-23-8-24-40-61/h1-51H. The maximum Gasteiger partial charge on any atom is 0.252 e.